The smallest absolute Gasteiger partial charge is 0.0870 e. The van der Waals surface area contributed by atoms with Crippen LogP contribution in [0.2, 0.25) is 0 Å². The van der Waals surface area contributed by atoms with E-state index in [2.05, 4.69) is 6.92 Å². The first kappa shape index (κ1) is 7.46. The van der Waals surface area contributed by atoms with Crippen LogP contribution in [-0.2, 0) is 6.42 Å². The van der Waals surface area contributed by atoms with Gasteiger partial charge < -0.3 is 11.5 Å². The number of rotatable bonds is 0. The van der Waals surface area contributed by atoms with Crippen molar-refractivity contribution in [3.05, 3.63) is 10.9 Å². The summed E-state index contributed by atoms with van der Waals surface area (Å²) in [5.41, 5.74) is 11.6. The Balaban J connectivity index is 2.37. The third-order valence-corrected chi connectivity index (χ3v) is 3.93. The molecular formula is C7H10N2S2. The van der Waals surface area contributed by atoms with E-state index in [-0.39, 0.29) is 4.87 Å². The zero-order chi connectivity index (χ0) is 8.06. The molecule has 0 bridgehead atoms. The first-order valence-corrected chi connectivity index (χ1v) is 5.06. The highest BCUT2D eigenvalue weighted by Gasteiger charge is 2.31. The van der Waals surface area contributed by atoms with Gasteiger partial charge in [-0.3, -0.25) is 0 Å². The van der Waals surface area contributed by atoms with Crippen LogP contribution in [-0.4, -0.2) is 4.87 Å². The number of hydrogen-bond donors (Lipinski definition) is 2. The van der Waals surface area contributed by atoms with Gasteiger partial charge in [-0.15, -0.1) is 23.1 Å². The van der Waals surface area contributed by atoms with Crippen LogP contribution in [0.1, 0.15) is 11.8 Å². The SMILES string of the molecule is CC1(N)Cc2sc(N)cc2S1. The number of thioether (sulfide) groups is 1. The molecule has 4 heteroatoms. The molecule has 11 heavy (non-hydrogen) atoms. The Hall–Kier alpha value is -0.190. The minimum absolute atomic E-state index is 0.102. The van der Waals surface area contributed by atoms with E-state index in [0.29, 0.717) is 0 Å². The summed E-state index contributed by atoms with van der Waals surface area (Å²) in [5, 5.41) is 0.901. The van der Waals surface area contributed by atoms with Gasteiger partial charge in [0.2, 0.25) is 0 Å². The van der Waals surface area contributed by atoms with Crippen LogP contribution in [0.4, 0.5) is 5.00 Å². The molecule has 0 fully saturated rings. The van der Waals surface area contributed by atoms with Gasteiger partial charge in [0.05, 0.1) is 9.87 Å². The number of thiophene rings is 1. The lowest BCUT2D eigenvalue weighted by Gasteiger charge is -2.14. The maximum atomic E-state index is 5.95. The molecular weight excluding hydrogens is 176 g/mol. The van der Waals surface area contributed by atoms with Crippen LogP contribution in [0.3, 0.4) is 0 Å². The number of nitrogens with two attached hydrogens (primary N) is 2. The quantitative estimate of drug-likeness (QED) is 0.648. The minimum atomic E-state index is -0.102. The molecule has 1 aliphatic rings. The van der Waals surface area contributed by atoms with Crippen molar-refractivity contribution in [2.45, 2.75) is 23.1 Å². The van der Waals surface area contributed by atoms with Gasteiger partial charge in [-0.2, -0.15) is 0 Å². The molecule has 1 aliphatic heterocycles. The standard InChI is InChI=1S/C7H10N2S2/c1-7(9)3-5-4(11-7)2-6(8)10-5/h2H,3,8-9H2,1H3. The van der Waals surface area contributed by atoms with E-state index in [9.17, 15) is 0 Å². The Morgan fingerprint density at radius 2 is 2.36 bits per heavy atom. The van der Waals surface area contributed by atoms with Crippen molar-refractivity contribution in [3.8, 4) is 0 Å². The second kappa shape index (κ2) is 2.15. The van der Waals surface area contributed by atoms with Crippen molar-refractivity contribution in [2.75, 3.05) is 5.73 Å². The van der Waals surface area contributed by atoms with Crippen molar-refractivity contribution >= 4 is 28.1 Å². The average Bonchev–Trinajstić information content (AvgIpc) is 2.17. The Kier molecular flexibility index (Phi) is 1.46. The first-order valence-electron chi connectivity index (χ1n) is 3.43. The Bertz CT molecular complexity index is 265. The Labute approximate surface area is 74.0 Å². The van der Waals surface area contributed by atoms with Crippen LogP contribution >= 0.6 is 23.1 Å². The summed E-state index contributed by atoms with van der Waals surface area (Å²) in [7, 11) is 0. The molecule has 0 aliphatic carbocycles. The highest BCUT2D eigenvalue weighted by Crippen LogP contribution is 2.46. The third kappa shape index (κ3) is 1.26. The van der Waals surface area contributed by atoms with Gasteiger partial charge in [0.25, 0.3) is 0 Å². The number of fused-ring (bicyclic) bond motifs is 1. The molecule has 0 aromatic carbocycles. The van der Waals surface area contributed by atoms with E-state index < -0.39 is 0 Å². The topological polar surface area (TPSA) is 52.0 Å². The van der Waals surface area contributed by atoms with Gasteiger partial charge >= 0.3 is 0 Å². The van der Waals surface area contributed by atoms with Crippen LogP contribution in [0.5, 0.6) is 0 Å². The lowest BCUT2D eigenvalue weighted by Crippen LogP contribution is -2.30. The van der Waals surface area contributed by atoms with Crippen molar-refractivity contribution < 1.29 is 0 Å². The number of hydrogen-bond acceptors (Lipinski definition) is 4. The van der Waals surface area contributed by atoms with Crippen molar-refractivity contribution in [2.24, 2.45) is 5.73 Å². The van der Waals surface area contributed by atoms with Gasteiger partial charge in [0.15, 0.2) is 0 Å². The predicted molar refractivity (Wildman–Crippen MR) is 50.9 cm³/mol. The fourth-order valence-corrected chi connectivity index (χ4v) is 3.75. The molecule has 0 radical (unpaired) electrons. The minimum Gasteiger partial charge on any atom is -0.391 e. The van der Waals surface area contributed by atoms with Crippen LogP contribution in [0.15, 0.2) is 11.0 Å². The Morgan fingerprint density at radius 1 is 1.64 bits per heavy atom. The molecule has 1 aromatic heterocycles. The highest BCUT2D eigenvalue weighted by atomic mass is 32.2. The summed E-state index contributed by atoms with van der Waals surface area (Å²) >= 11 is 3.38. The summed E-state index contributed by atoms with van der Waals surface area (Å²) in [4.78, 5) is 2.52. The summed E-state index contributed by atoms with van der Waals surface area (Å²) in [5.74, 6) is 0. The molecule has 0 spiro atoms. The van der Waals surface area contributed by atoms with E-state index >= 15 is 0 Å². The van der Waals surface area contributed by atoms with Crippen molar-refractivity contribution in [3.63, 3.8) is 0 Å². The van der Waals surface area contributed by atoms with E-state index in [0.717, 1.165) is 11.4 Å². The maximum absolute atomic E-state index is 5.95. The van der Waals surface area contributed by atoms with Crippen LogP contribution < -0.4 is 11.5 Å². The normalized spacial score (nSPS) is 28.9. The van der Waals surface area contributed by atoms with Crippen LogP contribution in [0.25, 0.3) is 0 Å². The van der Waals surface area contributed by atoms with Gasteiger partial charge in [0.1, 0.15) is 0 Å². The second-order valence-corrected chi connectivity index (χ2v) is 5.77. The molecule has 1 aromatic rings. The summed E-state index contributed by atoms with van der Waals surface area (Å²) in [6.45, 7) is 2.06. The fraction of sp³-hybridized carbons (Fsp3) is 0.429. The van der Waals surface area contributed by atoms with Gasteiger partial charge in [-0.25, -0.2) is 0 Å². The summed E-state index contributed by atoms with van der Waals surface area (Å²) in [6, 6.07) is 2.02. The van der Waals surface area contributed by atoms with E-state index in [1.54, 1.807) is 23.1 Å². The molecule has 1 unspecified atom stereocenters. The zero-order valence-corrected chi connectivity index (χ0v) is 7.89. The number of anilines is 1. The predicted octanol–water partition coefficient (Wildman–Crippen LogP) is 1.65. The van der Waals surface area contributed by atoms with Gasteiger partial charge in [0, 0.05) is 16.2 Å². The molecule has 0 saturated carbocycles. The molecule has 60 valence electrons. The molecule has 0 amide bonds. The molecule has 1 atom stereocenters. The largest absolute Gasteiger partial charge is 0.391 e. The van der Waals surface area contributed by atoms with Gasteiger partial charge in [-0.05, 0) is 13.0 Å². The lowest BCUT2D eigenvalue weighted by atomic mass is 10.2. The average molecular weight is 186 g/mol. The van der Waals surface area contributed by atoms with Crippen molar-refractivity contribution in [1.82, 2.24) is 0 Å². The van der Waals surface area contributed by atoms with Gasteiger partial charge in [-0.1, -0.05) is 0 Å². The zero-order valence-electron chi connectivity index (χ0n) is 6.26. The van der Waals surface area contributed by atoms with E-state index in [1.165, 1.54) is 9.77 Å². The molecule has 2 heterocycles. The summed E-state index contributed by atoms with van der Waals surface area (Å²) < 4.78 is 0. The fourth-order valence-electron chi connectivity index (χ4n) is 1.25. The highest BCUT2D eigenvalue weighted by molar-refractivity contribution is 8.01. The molecule has 2 nitrogen and oxygen atoms in total. The lowest BCUT2D eigenvalue weighted by molar-refractivity contribution is 0.693. The van der Waals surface area contributed by atoms with E-state index in [4.69, 9.17) is 11.5 Å². The Morgan fingerprint density at radius 3 is 3.00 bits per heavy atom. The first-order chi connectivity index (χ1) is 5.07. The molecule has 2 rings (SSSR count). The summed E-state index contributed by atoms with van der Waals surface area (Å²) in [6.07, 6.45) is 0.953. The monoisotopic (exact) mass is 186 g/mol. The number of nitrogen functional groups attached to an aromatic ring is 1. The van der Waals surface area contributed by atoms with Crippen molar-refractivity contribution in [1.29, 1.82) is 0 Å². The molecule has 4 N–H and O–H groups in total. The van der Waals surface area contributed by atoms with Crippen LogP contribution in [0, 0.1) is 0 Å². The molecule has 0 saturated heterocycles. The second-order valence-electron chi connectivity index (χ2n) is 3.03. The van der Waals surface area contributed by atoms with E-state index in [1.807, 2.05) is 6.07 Å². The maximum Gasteiger partial charge on any atom is 0.0870 e. The third-order valence-electron chi connectivity index (χ3n) is 1.64.